The van der Waals surface area contributed by atoms with Crippen LogP contribution >= 0.6 is 0 Å². The fourth-order valence-corrected chi connectivity index (χ4v) is 4.37. The molecule has 4 heteroatoms. The number of benzene rings is 1. The minimum absolute atomic E-state index is 0.0757. The van der Waals surface area contributed by atoms with Crippen LogP contribution in [0.15, 0.2) is 18.2 Å². The van der Waals surface area contributed by atoms with Gasteiger partial charge >= 0.3 is 0 Å². The molecule has 1 amide bonds. The maximum absolute atomic E-state index is 12.5. The molecule has 1 saturated heterocycles. The molecule has 2 aliphatic heterocycles. The summed E-state index contributed by atoms with van der Waals surface area (Å²) in [4.78, 5) is 15.1. The van der Waals surface area contributed by atoms with Crippen LogP contribution in [0.1, 0.15) is 54.4 Å². The quantitative estimate of drug-likeness (QED) is 0.838. The lowest BCUT2D eigenvalue weighted by atomic mass is 9.90. The van der Waals surface area contributed by atoms with Gasteiger partial charge in [-0.2, -0.15) is 0 Å². The molecular weight excluding hydrogens is 274 g/mol. The molecule has 1 saturated carbocycles. The standard InChI is InChI=1S/C18H25N3O/c1-13-5-4-8-15-16(13)19-18(20-17(15)22)9-11-21(12-10-18)14-6-2-3-7-14/h4-5,8,14,19H,2-3,6-7,9-12H2,1H3,(H,20,22). The summed E-state index contributed by atoms with van der Waals surface area (Å²) in [7, 11) is 0. The van der Waals surface area contributed by atoms with Crippen LogP contribution in [-0.4, -0.2) is 35.6 Å². The molecule has 3 aliphatic rings. The third kappa shape index (κ3) is 2.30. The number of hydrogen-bond acceptors (Lipinski definition) is 3. The van der Waals surface area contributed by atoms with Crippen molar-refractivity contribution >= 4 is 11.6 Å². The zero-order valence-electron chi connectivity index (χ0n) is 13.3. The van der Waals surface area contributed by atoms with Gasteiger partial charge in [0.05, 0.1) is 11.3 Å². The van der Waals surface area contributed by atoms with E-state index in [2.05, 4.69) is 28.5 Å². The van der Waals surface area contributed by atoms with E-state index in [9.17, 15) is 4.79 Å². The Hall–Kier alpha value is -1.55. The number of amides is 1. The second-order valence-corrected chi connectivity index (χ2v) is 7.13. The summed E-state index contributed by atoms with van der Waals surface area (Å²) in [6, 6.07) is 6.72. The first kappa shape index (κ1) is 14.1. The van der Waals surface area contributed by atoms with Crippen LogP contribution < -0.4 is 10.6 Å². The fraction of sp³-hybridized carbons (Fsp3) is 0.611. The predicted octanol–water partition coefficient (Wildman–Crippen LogP) is 2.89. The molecule has 4 nitrogen and oxygen atoms in total. The van der Waals surface area contributed by atoms with E-state index in [0.717, 1.165) is 48.8 Å². The molecular formula is C18H25N3O. The van der Waals surface area contributed by atoms with Crippen molar-refractivity contribution in [1.82, 2.24) is 10.2 Å². The number of para-hydroxylation sites is 1. The second-order valence-electron chi connectivity index (χ2n) is 7.13. The minimum Gasteiger partial charge on any atom is -0.362 e. The normalized spacial score (nSPS) is 24.9. The Labute approximate surface area is 132 Å². The molecule has 1 aromatic rings. The van der Waals surface area contributed by atoms with Gasteiger partial charge in [-0.1, -0.05) is 25.0 Å². The lowest BCUT2D eigenvalue weighted by molar-refractivity contribution is 0.0775. The van der Waals surface area contributed by atoms with Crippen molar-refractivity contribution in [2.45, 2.75) is 57.2 Å². The van der Waals surface area contributed by atoms with Gasteiger partial charge < -0.3 is 15.5 Å². The van der Waals surface area contributed by atoms with Gasteiger partial charge in [0.15, 0.2) is 0 Å². The number of likely N-dealkylation sites (tertiary alicyclic amines) is 1. The van der Waals surface area contributed by atoms with E-state index in [-0.39, 0.29) is 11.6 Å². The largest absolute Gasteiger partial charge is 0.362 e. The lowest BCUT2D eigenvalue weighted by Gasteiger charge is -2.47. The number of aryl methyl sites for hydroxylation is 1. The zero-order chi connectivity index (χ0) is 15.2. The van der Waals surface area contributed by atoms with Crippen molar-refractivity contribution in [3.8, 4) is 0 Å². The number of nitrogens with zero attached hydrogens (tertiary/aromatic N) is 1. The average molecular weight is 299 g/mol. The predicted molar refractivity (Wildman–Crippen MR) is 88.1 cm³/mol. The Morgan fingerprint density at radius 3 is 2.59 bits per heavy atom. The molecule has 4 rings (SSSR count). The lowest BCUT2D eigenvalue weighted by Crippen LogP contribution is -2.63. The number of carbonyl (C=O) groups is 1. The summed E-state index contributed by atoms with van der Waals surface area (Å²) in [5.41, 5.74) is 2.72. The molecule has 0 unspecified atom stereocenters. The molecule has 22 heavy (non-hydrogen) atoms. The smallest absolute Gasteiger partial charge is 0.255 e. The first-order valence-corrected chi connectivity index (χ1v) is 8.61. The molecule has 0 radical (unpaired) electrons. The second kappa shape index (κ2) is 5.27. The highest BCUT2D eigenvalue weighted by atomic mass is 16.2. The van der Waals surface area contributed by atoms with Crippen LogP contribution in [0.2, 0.25) is 0 Å². The minimum atomic E-state index is -0.245. The fourth-order valence-electron chi connectivity index (χ4n) is 4.37. The number of rotatable bonds is 1. The van der Waals surface area contributed by atoms with Crippen molar-refractivity contribution in [3.05, 3.63) is 29.3 Å². The third-order valence-electron chi connectivity index (χ3n) is 5.73. The highest BCUT2D eigenvalue weighted by Gasteiger charge is 2.41. The summed E-state index contributed by atoms with van der Waals surface area (Å²) in [5, 5.41) is 6.91. The molecule has 2 heterocycles. The third-order valence-corrected chi connectivity index (χ3v) is 5.73. The number of anilines is 1. The van der Waals surface area contributed by atoms with E-state index in [1.54, 1.807) is 0 Å². The SMILES string of the molecule is Cc1cccc2c1NC1(CCN(C3CCCC3)CC1)NC2=O. The summed E-state index contributed by atoms with van der Waals surface area (Å²) in [6.45, 7) is 4.24. The van der Waals surface area contributed by atoms with Gasteiger partial charge in [0.1, 0.15) is 5.66 Å². The maximum Gasteiger partial charge on any atom is 0.255 e. The van der Waals surface area contributed by atoms with Crippen LogP contribution in [0.4, 0.5) is 5.69 Å². The van der Waals surface area contributed by atoms with Crippen molar-refractivity contribution in [2.75, 3.05) is 18.4 Å². The van der Waals surface area contributed by atoms with Crippen LogP contribution in [0, 0.1) is 6.92 Å². The van der Waals surface area contributed by atoms with E-state index in [4.69, 9.17) is 0 Å². The van der Waals surface area contributed by atoms with E-state index in [1.165, 1.54) is 25.7 Å². The Balaban J connectivity index is 1.52. The Morgan fingerprint density at radius 2 is 1.86 bits per heavy atom. The monoisotopic (exact) mass is 299 g/mol. The van der Waals surface area contributed by atoms with Crippen molar-refractivity contribution < 1.29 is 4.79 Å². The van der Waals surface area contributed by atoms with Crippen molar-refractivity contribution in [2.24, 2.45) is 0 Å². The highest BCUT2D eigenvalue weighted by molar-refractivity contribution is 6.02. The summed E-state index contributed by atoms with van der Waals surface area (Å²) >= 11 is 0. The molecule has 1 spiro atoms. The Morgan fingerprint density at radius 1 is 1.14 bits per heavy atom. The van der Waals surface area contributed by atoms with Crippen LogP contribution in [0.3, 0.4) is 0 Å². The molecule has 1 aliphatic carbocycles. The summed E-state index contributed by atoms with van der Waals surface area (Å²) in [5.74, 6) is 0.0757. The number of piperidine rings is 1. The van der Waals surface area contributed by atoms with Crippen molar-refractivity contribution in [1.29, 1.82) is 0 Å². The summed E-state index contributed by atoms with van der Waals surface area (Å²) < 4.78 is 0. The van der Waals surface area contributed by atoms with E-state index >= 15 is 0 Å². The van der Waals surface area contributed by atoms with Gasteiger partial charge in [-0.3, -0.25) is 4.79 Å². The molecule has 118 valence electrons. The van der Waals surface area contributed by atoms with Gasteiger partial charge in [0, 0.05) is 32.0 Å². The first-order chi connectivity index (χ1) is 10.7. The van der Waals surface area contributed by atoms with E-state index < -0.39 is 0 Å². The molecule has 0 aromatic heterocycles. The van der Waals surface area contributed by atoms with E-state index in [1.807, 2.05) is 12.1 Å². The molecule has 2 fully saturated rings. The van der Waals surface area contributed by atoms with Gasteiger partial charge in [-0.15, -0.1) is 0 Å². The van der Waals surface area contributed by atoms with Crippen molar-refractivity contribution in [3.63, 3.8) is 0 Å². The maximum atomic E-state index is 12.5. The van der Waals surface area contributed by atoms with Crippen LogP contribution in [0.25, 0.3) is 0 Å². The number of fused-ring (bicyclic) bond motifs is 1. The summed E-state index contributed by atoms with van der Waals surface area (Å²) in [6.07, 6.45) is 7.46. The zero-order valence-corrected chi connectivity index (χ0v) is 13.3. The van der Waals surface area contributed by atoms with Crippen LogP contribution in [-0.2, 0) is 0 Å². The molecule has 0 bridgehead atoms. The van der Waals surface area contributed by atoms with Gasteiger partial charge in [-0.25, -0.2) is 0 Å². The highest BCUT2D eigenvalue weighted by Crippen LogP contribution is 2.35. The van der Waals surface area contributed by atoms with Crippen LogP contribution in [0.5, 0.6) is 0 Å². The van der Waals surface area contributed by atoms with Gasteiger partial charge in [0.25, 0.3) is 5.91 Å². The van der Waals surface area contributed by atoms with Gasteiger partial charge in [0.2, 0.25) is 0 Å². The topological polar surface area (TPSA) is 44.4 Å². The van der Waals surface area contributed by atoms with E-state index in [0.29, 0.717) is 0 Å². The number of carbonyl (C=O) groups excluding carboxylic acids is 1. The molecule has 2 N–H and O–H groups in total. The number of hydrogen-bond donors (Lipinski definition) is 2. The molecule has 0 atom stereocenters. The Kier molecular flexibility index (Phi) is 3.37. The Bertz CT molecular complexity index is 584. The first-order valence-electron chi connectivity index (χ1n) is 8.61. The average Bonchev–Trinajstić information content (AvgIpc) is 3.04. The molecule has 1 aromatic carbocycles. The number of nitrogens with one attached hydrogen (secondary N) is 2. The van der Waals surface area contributed by atoms with Gasteiger partial charge in [-0.05, 0) is 31.4 Å².